The van der Waals surface area contributed by atoms with Crippen LogP contribution in [0, 0.1) is 19.7 Å². The molecule has 1 amide bonds. The lowest BCUT2D eigenvalue weighted by Crippen LogP contribution is -2.26. The first-order valence-corrected chi connectivity index (χ1v) is 10.3. The van der Waals surface area contributed by atoms with Crippen LogP contribution in [0.4, 0.5) is 4.39 Å². The maximum Gasteiger partial charge on any atom is 0.251 e. The molecule has 1 aliphatic carbocycles. The van der Waals surface area contributed by atoms with E-state index in [2.05, 4.69) is 10.4 Å². The fourth-order valence-corrected chi connectivity index (χ4v) is 3.89. The monoisotopic (exact) mass is 418 g/mol. The quantitative estimate of drug-likeness (QED) is 0.666. The van der Waals surface area contributed by atoms with E-state index in [9.17, 15) is 14.4 Å². The van der Waals surface area contributed by atoms with Crippen molar-refractivity contribution in [2.24, 2.45) is 0 Å². The number of nitrogens with zero attached hydrogens (tertiary/aromatic N) is 3. The maximum absolute atomic E-state index is 14.7. The summed E-state index contributed by atoms with van der Waals surface area (Å²) in [5.74, 6) is -0.773. The van der Waals surface area contributed by atoms with E-state index in [1.165, 1.54) is 6.07 Å². The second-order valence-corrected chi connectivity index (χ2v) is 8.26. The Morgan fingerprint density at radius 2 is 2.03 bits per heavy atom. The van der Waals surface area contributed by atoms with Gasteiger partial charge in [-0.2, -0.15) is 5.10 Å². The molecule has 2 N–H and O–H groups in total. The number of fused-ring (bicyclic) bond motifs is 1. The number of halogens is 1. The van der Waals surface area contributed by atoms with Crippen LogP contribution in [0.1, 0.15) is 51.1 Å². The lowest BCUT2D eigenvalue weighted by molar-refractivity contribution is -0.0376. The second-order valence-electron chi connectivity index (χ2n) is 8.26. The molecule has 7 heteroatoms. The topological polar surface area (TPSA) is 70.4 Å². The minimum absolute atomic E-state index is 0.179. The van der Waals surface area contributed by atoms with Crippen LogP contribution < -0.4 is 5.32 Å². The van der Waals surface area contributed by atoms with Crippen molar-refractivity contribution in [3.05, 3.63) is 81.9 Å². The highest BCUT2D eigenvalue weighted by molar-refractivity contribution is 5.96. The molecule has 0 spiro atoms. The molecule has 2 heterocycles. The van der Waals surface area contributed by atoms with Gasteiger partial charge in [-0.15, -0.1) is 0 Å². The van der Waals surface area contributed by atoms with Crippen molar-refractivity contribution in [3.8, 4) is 5.69 Å². The van der Waals surface area contributed by atoms with Gasteiger partial charge in [0.05, 0.1) is 29.8 Å². The Labute approximate surface area is 179 Å². The summed E-state index contributed by atoms with van der Waals surface area (Å²) < 4.78 is 16.5. The predicted octanol–water partition coefficient (Wildman–Crippen LogP) is 4.22. The number of carbonyl (C=O) groups is 1. The molecule has 0 saturated heterocycles. The van der Waals surface area contributed by atoms with Gasteiger partial charge in [0, 0.05) is 22.7 Å². The van der Waals surface area contributed by atoms with Gasteiger partial charge < -0.3 is 5.32 Å². The number of carbonyl (C=O) groups excluding carboxylic acids is 1. The van der Waals surface area contributed by atoms with E-state index in [-0.39, 0.29) is 24.1 Å². The first-order valence-electron chi connectivity index (χ1n) is 10.3. The molecule has 1 aliphatic heterocycles. The summed E-state index contributed by atoms with van der Waals surface area (Å²) in [5, 5.41) is 19.3. The van der Waals surface area contributed by atoms with Gasteiger partial charge >= 0.3 is 0 Å². The van der Waals surface area contributed by atoms with Gasteiger partial charge in [-0.25, -0.2) is 9.07 Å². The molecule has 0 radical (unpaired) electrons. The van der Waals surface area contributed by atoms with Crippen molar-refractivity contribution in [2.45, 2.75) is 39.3 Å². The zero-order valence-electron chi connectivity index (χ0n) is 17.4. The number of amides is 1. The van der Waals surface area contributed by atoms with Crippen LogP contribution in [0.15, 0.2) is 42.6 Å². The average molecular weight is 418 g/mol. The molecule has 0 bridgehead atoms. The number of aromatic nitrogens is 2. The van der Waals surface area contributed by atoms with Crippen LogP contribution in [0.5, 0.6) is 0 Å². The summed E-state index contributed by atoms with van der Waals surface area (Å²) >= 11 is 0. The molecule has 0 unspecified atom stereocenters. The van der Waals surface area contributed by atoms with E-state index in [1.807, 2.05) is 31.2 Å². The van der Waals surface area contributed by atoms with Gasteiger partial charge in [-0.1, -0.05) is 12.1 Å². The van der Waals surface area contributed by atoms with Crippen LogP contribution in [-0.2, 0) is 6.54 Å². The Kier molecular flexibility index (Phi) is 4.63. The number of hydrogen-bond acceptors (Lipinski definition) is 4. The van der Waals surface area contributed by atoms with Gasteiger partial charge in [0.2, 0.25) is 0 Å². The SMILES string of the molecule is Cc1cccc(-n2ncc3c2CN(O)C(c2cc(C(=O)NC4CC4)cc(F)c2C)=C3)c1. The Balaban J connectivity index is 1.55. The van der Waals surface area contributed by atoms with Crippen molar-refractivity contribution in [1.82, 2.24) is 20.2 Å². The van der Waals surface area contributed by atoms with E-state index in [1.54, 1.807) is 29.9 Å². The maximum atomic E-state index is 14.7. The van der Waals surface area contributed by atoms with Crippen LogP contribution in [0.2, 0.25) is 0 Å². The van der Waals surface area contributed by atoms with E-state index >= 15 is 0 Å². The third-order valence-electron chi connectivity index (χ3n) is 5.81. The fraction of sp³-hybridized carbons (Fsp3) is 0.250. The lowest BCUT2D eigenvalue weighted by atomic mass is 9.97. The Bertz CT molecular complexity index is 1230. The third-order valence-corrected chi connectivity index (χ3v) is 5.81. The van der Waals surface area contributed by atoms with Crippen molar-refractivity contribution < 1.29 is 14.4 Å². The highest BCUT2D eigenvalue weighted by atomic mass is 19.1. The van der Waals surface area contributed by atoms with Crippen LogP contribution >= 0.6 is 0 Å². The molecule has 3 aromatic rings. The molecular weight excluding hydrogens is 395 g/mol. The van der Waals surface area contributed by atoms with Crippen LogP contribution in [-0.4, -0.2) is 32.0 Å². The average Bonchev–Trinajstić information content (AvgIpc) is 3.46. The van der Waals surface area contributed by atoms with Crippen molar-refractivity contribution in [2.75, 3.05) is 0 Å². The zero-order chi connectivity index (χ0) is 21.7. The largest absolute Gasteiger partial charge is 0.349 e. The van der Waals surface area contributed by atoms with Crippen LogP contribution in [0.25, 0.3) is 17.5 Å². The number of benzene rings is 2. The van der Waals surface area contributed by atoms with E-state index < -0.39 is 5.82 Å². The minimum Gasteiger partial charge on any atom is -0.349 e. The first-order chi connectivity index (χ1) is 14.9. The molecule has 1 aromatic heterocycles. The summed E-state index contributed by atoms with van der Waals surface area (Å²) in [7, 11) is 0. The molecule has 6 nitrogen and oxygen atoms in total. The summed E-state index contributed by atoms with van der Waals surface area (Å²) in [6, 6.07) is 11.0. The second kappa shape index (κ2) is 7.35. The van der Waals surface area contributed by atoms with Gasteiger partial charge in [0.15, 0.2) is 0 Å². The number of aryl methyl sites for hydroxylation is 1. The highest BCUT2D eigenvalue weighted by Gasteiger charge is 2.27. The summed E-state index contributed by atoms with van der Waals surface area (Å²) in [5.41, 5.74) is 5.25. The molecule has 158 valence electrons. The first kappa shape index (κ1) is 19.5. The molecule has 31 heavy (non-hydrogen) atoms. The molecule has 1 fully saturated rings. The lowest BCUT2D eigenvalue weighted by Gasteiger charge is -2.27. The third kappa shape index (κ3) is 3.61. The van der Waals surface area contributed by atoms with Crippen molar-refractivity contribution >= 4 is 17.7 Å². The molecule has 2 aliphatic rings. The number of nitrogens with one attached hydrogen (secondary N) is 1. The summed E-state index contributed by atoms with van der Waals surface area (Å²) in [6.07, 6.45) is 5.43. The van der Waals surface area contributed by atoms with Gasteiger partial charge in [0.25, 0.3) is 5.91 Å². The van der Waals surface area contributed by atoms with E-state index in [0.717, 1.165) is 40.4 Å². The summed E-state index contributed by atoms with van der Waals surface area (Å²) in [4.78, 5) is 12.5. The molecule has 2 aromatic carbocycles. The summed E-state index contributed by atoms with van der Waals surface area (Å²) in [6.45, 7) is 3.85. The van der Waals surface area contributed by atoms with Crippen molar-refractivity contribution in [3.63, 3.8) is 0 Å². The molecule has 1 saturated carbocycles. The van der Waals surface area contributed by atoms with E-state index in [0.29, 0.717) is 16.8 Å². The zero-order valence-corrected chi connectivity index (χ0v) is 17.4. The minimum atomic E-state index is -0.478. The van der Waals surface area contributed by atoms with Gasteiger partial charge in [0.1, 0.15) is 5.82 Å². The molecule has 0 atom stereocenters. The predicted molar refractivity (Wildman–Crippen MR) is 115 cm³/mol. The van der Waals surface area contributed by atoms with Crippen LogP contribution in [0.3, 0.4) is 0 Å². The Morgan fingerprint density at radius 3 is 2.77 bits per heavy atom. The fourth-order valence-electron chi connectivity index (χ4n) is 3.89. The Hall–Kier alpha value is -3.45. The van der Waals surface area contributed by atoms with Gasteiger partial charge in [-0.3, -0.25) is 15.1 Å². The van der Waals surface area contributed by atoms with E-state index in [4.69, 9.17) is 0 Å². The molecular formula is C24H23FN4O2. The Morgan fingerprint density at radius 1 is 1.23 bits per heavy atom. The van der Waals surface area contributed by atoms with Gasteiger partial charge in [-0.05, 0) is 68.2 Å². The smallest absolute Gasteiger partial charge is 0.251 e. The number of hydrogen-bond donors (Lipinski definition) is 2. The highest BCUT2D eigenvalue weighted by Crippen LogP contribution is 2.33. The van der Waals surface area contributed by atoms with Crippen molar-refractivity contribution in [1.29, 1.82) is 0 Å². The number of rotatable bonds is 4. The number of hydroxylamine groups is 2. The standard InChI is InChI=1S/C24H23FN4O2/c1-14-4-3-5-19(8-14)29-23-13-28(31)22(11-17(23)12-26-29)20-9-16(10-21(25)15(20)2)24(30)27-18-6-7-18/h3-5,8-12,18,31H,6-7,13H2,1-2H3,(H,27,30). The normalized spacial score (nSPS) is 15.5. The molecule has 5 rings (SSSR count).